The molecule has 19 heavy (non-hydrogen) atoms. The zero-order chi connectivity index (χ0) is 13.5. The van der Waals surface area contributed by atoms with Gasteiger partial charge in [0.1, 0.15) is 0 Å². The van der Waals surface area contributed by atoms with Gasteiger partial charge < -0.3 is 20.5 Å². The standard InChI is InChI=1S/C11H20N6O2/c1-2-19-11-15-9(12)14-10(16-11)13-3-4-17-5-7-18-8-6-17/h2-8H2,1H3,(H3,12,13,14,15,16). The number of rotatable bonds is 6. The smallest absolute Gasteiger partial charge is 0.323 e. The molecule has 1 aromatic rings. The summed E-state index contributed by atoms with van der Waals surface area (Å²) in [6.45, 7) is 7.55. The van der Waals surface area contributed by atoms with Crippen molar-refractivity contribution < 1.29 is 9.47 Å². The highest BCUT2D eigenvalue weighted by molar-refractivity contribution is 5.32. The van der Waals surface area contributed by atoms with Crippen LogP contribution < -0.4 is 15.8 Å². The zero-order valence-electron chi connectivity index (χ0n) is 11.1. The molecule has 1 saturated heterocycles. The van der Waals surface area contributed by atoms with Gasteiger partial charge in [0, 0.05) is 26.2 Å². The Balaban J connectivity index is 1.81. The van der Waals surface area contributed by atoms with E-state index in [1.54, 1.807) is 0 Å². The van der Waals surface area contributed by atoms with Gasteiger partial charge in [0.05, 0.1) is 19.8 Å². The molecule has 1 aliphatic heterocycles. The largest absolute Gasteiger partial charge is 0.464 e. The Bertz CT molecular complexity index is 397. The molecule has 1 aliphatic rings. The predicted molar refractivity (Wildman–Crippen MR) is 71.2 cm³/mol. The van der Waals surface area contributed by atoms with Crippen LogP contribution in [0.2, 0.25) is 0 Å². The van der Waals surface area contributed by atoms with Crippen LogP contribution in [0.1, 0.15) is 6.92 Å². The topological polar surface area (TPSA) is 98.4 Å². The summed E-state index contributed by atoms with van der Waals surface area (Å²) in [5.41, 5.74) is 5.60. The molecule has 2 rings (SSSR count). The van der Waals surface area contributed by atoms with E-state index in [2.05, 4.69) is 25.2 Å². The predicted octanol–water partition coefficient (Wildman–Crippen LogP) is -0.403. The highest BCUT2D eigenvalue weighted by Crippen LogP contribution is 2.08. The van der Waals surface area contributed by atoms with Gasteiger partial charge in [0.25, 0.3) is 0 Å². The molecule has 0 amide bonds. The van der Waals surface area contributed by atoms with Crippen molar-refractivity contribution in [1.29, 1.82) is 0 Å². The molecule has 0 aromatic carbocycles. The van der Waals surface area contributed by atoms with Gasteiger partial charge >= 0.3 is 6.01 Å². The first-order valence-corrected chi connectivity index (χ1v) is 6.46. The fraction of sp³-hybridized carbons (Fsp3) is 0.727. The van der Waals surface area contributed by atoms with Crippen LogP contribution in [0.4, 0.5) is 11.9 Å². The Labute approximate surface area is 112 Å². The molecule has 0 aliphatic carbocycles. The van der Waals surface area contributed by atoms with E-state index >= 15 is 0 Å². The number of aromatic nitrogens is 3. The Morgan fingerprint density at radius 3 is 2.84 bits per heavy atom. The van der Waals surface area contributed by atoms with Gasteiger partial charge in [-0.25, -0.2) is 0 Å². The van der Waals surface area contributed by atoms with Gasteiger partial charge in [-0.15, -0.1) is 0 Å². The van der Waals surface area contributed by atoms with Crippen LogP contribution in [-0.2, 0) is 4.74 Å². The summed E-state index contributed by atoms with van der Waals surface area (Å²) >= 11 is 0. The summed E-state index contributed by atoms with van der Waals surface area (Å²) in [4.78, 5) is 14.4. The minimum Gasteiger partial charge on any atom is -0.464 e. The number of nitrogens with one attached hydrogen (secondary N) is 1. The number of nitrogens with zero attached hydrogens (tertiary/aromatic N) is 4. The second-order valence-corrected chi connectivity index (χ2v) is 4.11. The van der Waals surface area contributed by atoms with Gasteiger partial charge in [0.15, 0.2) is 0 Å². The number of nitrogen functional groups attached to an aromatic ring is 1. The maximum absolute atomic E-state index is 5.60. The molecule has 0 bridgehead atoms. The summed E-state index contributed by atoms with van der Waals surface area (Å²) in [6.07, 6.45) is 0. The quantitative estimate of drug-likeness (QED) is 0.719. The van der Waals surface area contributed by atoms with Gasteiger partial charge in [-0.2, -0.15) is 15.0 Å². The molecule has 0 unspecified atom stereocenters. The Hall–Kier alpha value is -1.67. The van der Waals surface area contributed by atoms with Gasteiger partial charge in [0.2, 0.25) is 11.9 Å². The molecule has 0 saturated carbocycles. The lowest BCUT2D eigenvalue weighted by Gasteiger charge is -2.26. The van der Waals surface area contributed by atoms with Crippen molar-refractivity contribution in [1.82, 2.24) is 19.9 Å². The molecule has 0 radical (unpaired) electrons. The molecular weight excluding hydrogens is 248 g/mol. The van der Waals surface area contributed by atoms with Crippen molar-refractivity contribution in [3.05, 3.63) is 0 Å². The molecule has 1 fully saturated rings. The number of hydrogen-bond donors (Lipinski definition) is 2. The van der Waals surface area contributed by atoms with Crippen molar-refractivity contribution in [3.8, 4) is 6.01 Å². The average Bonchev–Trinajstić information content (AvgIpc) is 2.40. The number of ether oxygens (including phenoxy) is 2. The fourth-order valence-corrected chi connectivity index (χ4v) is 1.80. The Kier molecular flexibility index (Phi) is 5.10. The molecule has 8 nitrogen and oxygen atoms in total. The van der Waals surface area contributed by atoms with E-state index < -0.39 is 0 Å². The second kappa shape index (κ2) is 7.05. The van der Waals surface area contributed by atoms with Crippen molar-refractivity contribution in [2.24, 2.45) is 0 Å². The Morgan fingerprint density at radius 1 is 1.32 bits per heavy atom. The lowest BCUT2D eigenvalue weighted by molar-refractivity contribution is 0.0398. The van der Waals surface area contributed by atoms with Crippen LogP contribution in [-0.4, -0.2) is 65.9 Å². The van der Waals surface area contributed by atoms with Crippen molar-refractivity contribution in [2.75, 3.05) is 57.1 Å². The van der Waals surface area contributed by atoms with Crippen molar-refractivity contribution in [3.63, 3.8) is 0 Å². The molecule has 106 valence electrons. The molecular formula is C11H20N6O2. The van der Waals surface area contributed by atoms with E-state index in [9.17, 15) is 0 Å². The first-order valence-electron chi connectivity index (χ1n) is 6.46. The van der Waals surface area contributed by atoms with Crippen molar-refractivity contribution >= 4 is 11.9 Å². The SMILES string of the molecule is CCOc1nc(N)nc(NCCN2CCOCC2)n1. The van der Waals surface area contributed by atoms with Gasteiger partial charge in [-0.1, -0.05) is 0 Å². The van der Waals surface area contributed by atoms with Crippen LogP contribution in [0, 0.1) is 0 Å². The summed E-state index contributed by atoms with van der Waals surface area (Å²) in [7, 11) is 0. The number of hydrogen-bond acceptors (Lipinski definition) is 8. The van der Waals surface area contributed by atoms with E-state index in [0.29, 0.717) is 12.6 Å². The van der Waals surface area contributed by atoms with E-state index in [1.807, 2.05) is 6.92 Å². The highest BCUT2D eigenvalue weighted by Gasteiger charge is 2.10. The minimum absolute atomic E-state index is 0.160. The summed E-state index contributed by atoms with van der Waals surface area (Å²) in [6, 6.07) is 0.254. The summed E-state index contributed by atoms with van der Waals surface area (Å²) in [5.74, 6) is 0.608. The van der Waals surface area contributed by atoms with E-state index in [4.69, 9.17) is 15.2 Å². The lowest BCUT2D eigenvalue weighted by Crippen LogP contribution is -2.39. The van der Waals surface area contributed by atoms with E-state index in [-0.39, 0.29) is 12.0 Å². The third-order valence-electron chi connectivity index (χ3n) is 2.72. The van der Waals surface area contributed by atoms with Crippen LogP contribution in [0.25, 0.3) is 0 Å². The number of morpholine rings is 1. The maximum atomic E-state index is 5.60. The molecule has 1 aromatic heterocycles. The van der Waals surface area contributed by atoms with Crippen LogP contribution in [0.5, 0.6) is 6.01 Å². The van der Waals surface area contributed by atoms with Crippen LogP contribution >= 0.6 is 0 Å². The van der Waals surface area contributed by atoms with Crippen molar-refractivity contribution in [2.45, 2.75) is 6.92 Å². The van der Waals surface area contributed by atoms with Crippen LogP contribution in [0.3, 0.4) is 0 Å². The van der Waals surface area contributed by atoms with Gasteiger partial charge in [-0.3, -0.25) is 4.90 Å². The summed E-state index contributed by atoms with van der Waals surface area (Å²) in [5, 5.41) is 3.13. The molecule has 3 N–H and O–H groups in total. The molecule has 0 atom stereocenters. The fourth-order valence-electron chi connectivity index (χ4n) is 1.80. The lowest BCUT2D eigenvalue weighted by atomic mass is 10.4. The molecule has 8 heteroatoms. The number of nitrogens with two attached hydrogens (primary N) is 1. The normalized spacial score (nSPS) is 16.3. The van der Waals surface area contributed by atoms with E-state index in [1.165, 1.54) is 0 Å². The molecule has 2 heterocycles. The first-order chi connectivity index (χ1) is 9.28. The highest BCUT2D eigenvalue weighted by atomic mass is 16.5. The average molecular weight is 268 g/mol. The molecule has 0 spiro atoms. The Morgan fingerprint density at radius 2 is 2.11 bits per heavy atom. The monoisotopic (exact) mass is 268 g/mol. The summed E-state index contributed by atoms with van der Waals surface area (Å²) < 4.78 is 10.5. The maximum Gasteiger partial charge on any atom is 0.323 e. The number of anilines is 2. The minimum atomic E-state index is 0.160. The third kappa shape index (κ3) is 4.49. The zero-order valence-corrected chi connectivity index (χ0v) is 11.1. The van der Waals surface area contributed by atoms with Crippen LogP contribution in [0.15, 0.2) is 0 Å². The third-order valence-corrected chi connectivity index (χ3v) is 2.72. The van der Waals surface area contributed by atoms with E-state index in [0.717, 1.165) is 39.4 Å². The second-order valence-electron chi connectivity index (χ2n) is 4.11. The van der Waals surface area contributed by atoms with Gasteiger partial charge in [-0.05, 0) is 6.92 Å². The first kappa shape index (κ1) is 13.8.